The SMILES string of the molecule is CCOCCOc1cc(C)c(-c2cccc(COc3ccc(B(OCC(=O)OCC(=O)O)ONC)cc3)c2)c(C)c1. The van der Waals surface area contributed by atoms with Gasteiger partial charge in [-0.2, -0.15) is 0 Å². The zero-order chi connectivity index (χ0) is 29.6. The Balaban J connectivity index is 1.60. The smallest absolute Gasteiger partial charge is 0.491 e. The Kier molecular flexibility index (Phi) is 12.6. The van der Waals surface area contributed by atoms with Gasteiger partial charge in [-0.25, -0.2) is 15.1 Å². The molecule has 0 atom stereocenters. The maximum Gasteiger partial charge on any atom is 0.511 e. The fourth-order valence-corrected chi connectivity index (χ4v) is 4.16. The Morgan fingerprint density at radius 1 is 0.902 bits per heavy atom. The van der Waals surface area contributed by atoms with Gasteiger partial charge >= 0.3 is 19.1 Å². The number of aryl methyl sites for hydroxylation is 2. The maximum absolute atomic E-state index is 11.7. The lowest BCUT2D eigenvalue weighted by molar-refractivity contribution is -0.156. The lowest BCUT2D eigenvalue weighted by Gasteiger charge is -2.15. The molecule has 218 valence electrons. The maximum atomic E-state index is 11.7. The number of hydrogen-bond acceptors (Lipinski definition) is 9. The highest BCUT2D eigenvalue weighted by molar-refractivity contribution is 6.61. The van der Waals surface area contributed by atoms with Crippen molar-refractivity contribution in [1.82, 2.24) is 5.48 Å². The number of rotatable bonds is 17. The summed E-state index contributed by atoms with van der Waals surface area (Å²) in [5.74, 6) is -0.588. The molecule has 10 nitrogen and oxygen atoms in total. The number of hydrogen-bond donors (Lipinski definition) is 2. The summed E-state index contributed by atoms with van der Waals surface area (Å²) in [5, 5.41) is 8.61. The van der Waals surface area contributed by atoms with Gasteiger partial charge in [0.1, 0.15) is 31.3 Å². The van der Waals surface area contributed by atoms with Crippen LogP contribution in [0, 0.1) is 13.8 Å². The molecule has 0 radical (unpaired) electrons. The molecule has 0 spiro atoms. The van der Waals surface area contributed by atoms with E-state index in [4.69, 9.17) is 28.7 Å². The number of nitrogens with one attached hydrogen (secondary N) is 1. The number of carbonyl (C=O) groups is 2. The van der Waals surface area contributed by atoms with E-state index in [1.165, 1.54) is 0 Å². The Hall–Kier alpha value is -3.90. The molecule has 0 aromatic heterocycles. The minimum atomic E-state index is -1.25. The van der Waals surface area contributed by atoms with Crippen molar-refractivity contribution in [1.29, 1.82) is 0 Å². The predicted octanol–water partition coefficient (Wildman–Crippen LogP) is 3.46. The molecule has 0 saturated carbocycles. The standard InChI is InChI=1S/C30H36BNO9/c1-5-36-13-14-37-27-15-21(2)30(22(3)16-27)24-8-6-7-23(17-24)18-38-26-11-9-25(10-12-26)31(41-32-4)40-20-29(35)39-19-28(33)34/h6-12,15-17,32H,5,13-14,18-20H2,1-4H3,(H,33,34). The van der Waals surface area contributed by atoms with E-state index in [9.17, 15) is 9.59 Å². The molecular formula is C30H36BNO9. The first-order chi connectivity index (χ1) is 19.8. The number of carboxylic acid groups (broad SMARTS) is 1. The van der Waals surface area contributed by atoms with E-state index in [-0.39, 0.29) is 0 Å². The van der Waals surface area contributed by atoms with Gasteiger partial charge in [0.25, 0.3) is 0 Å². The van der Waals surface area contributed by atoms with Crippen molar-refractivity contribution in [3.8, 4) is 22.6 Å². The molecule has 0 bridgehead atoms. The number of hydroxylamine groups is 1. The van der Waals surface area contributed by atoms with Crippen LogP contribution in [-0.2, 0) is 35.1 Å². The van der Waals surface area contributed by atoms with Gasteiger partial charge in [0, 0.05) is 13.7 Å². The van der Waals surface area contributed by atoms with Crippen molar-refractivity contribution < 1.29 is 43.1 Å². The summed E-state index contributed by atoms with van der Waals surface area (Å²) in [5.41, 5.74) is 8.68. The molecule has 0 heterocycles. The molecule has 41 heavy (non-hydrogen) atoms. The van der Waals surface area contributed by atoms with E-state index < -0.39 is 32.3 Å². The molecule has 3 aromatic rings. The molecular weight excluding hydrogens is 529 g/mol. The lowest BCUT2D eigenvalue weighted by atomic mass is 9.79. The highest BCUT2D eigenvalue weighted by Crippen LogP contribution is 2.31. The van der Waals surface area contributed by atoms with Crippen LogP contribution in [0.15, 0.2) is 60.7 Å². The molecule has 0 aliphatic rings. The Morgan fingerprint density at radius 3 is 2.29 bits per heavy atom. The van der Waals surface area contributed by atoms with E-state index in [0.717, 1.165) is 33.6 Å². The third kappa shape index (κ3) is 10.2. The third-order valence-electron chi connectivity index (χ3n) is 5.91. The van der Waals surface area contributed by atoms with Crippen LogP contribution < -0.4 is 20.4 Å². The average molecular weight is 565 g/mol. The number of benzene rings is 3. The minimum absolute atomic E-state index is 0.367. The van der Waals surface area contributed by atoms with Gasteiger partial charge in [0.05, 0.1) is 6.61 Å². The van der Waals surface area contributed by atoms with Crippen molar-refractivity contribution in [3.05, 3.63) is 77.4 Å². The van der Waals surface area contributed by atoms with Crippen molar-refractivity contribution in [2.24, 2.45) is 0 Å². The van der Waals surface area contributed by atoms with Crippen LogP contribution in [0.1, 0.15) is 23.6 Å². The van der Waals surface area contributed by atoms with E-state index in [2.05, 4.69) is 36.2 Å². The Bertz CT molecular complexity index is 1260. The van der Waals surface area contributed by atoms with Crippen molar-refractivity contribution in [2.75, 3.05) is 40.1 Å². The Labute approximate surface area is 240 Å². The first kappa shape index (κ1) is 31.6. The van der Waals surface area contributed by atoms with Gasteiger partial charge in [0.2, 0.25) is 0 Å². The molecule has 3 rings (SSSR count). The van der Waals surface area contributed by atoms with E-state index in [0.29, 0.717) is 37.6 Å². The number of esters is 1. The molecule has 2 N–H and O–H groups in total. The first-order valence-electron chi connectivity index (χ1n) is 13.3. The van der Waals surface area contributed by atoms with E-state index in [1.807, 2.05) is 31.2 Å². The monoisotopic (exact) mass is 565 g/mol. The first-order valence-corrected chi connectivity index (χ1v) is 13.3. The second-order valence-electron chi connectivity index (χ2n) is 9.05. The van der Waals surface area contributed by atoms with E-state index >= 15 is 0 Å². The van der Waals surface area contributed by atoms with Gasteiger partial charge in [-0.1, -0.05) is 30.3 Å². The van der Waals surface area contributed by atoms with Crippen LogP contribution in [-0.4, -0.2) is 64.2 Å². The van der Waals surface area contributed by atoms with Crippen LogP contribution in [0.3, 0.4) is 0 Å². The zero-order valence-corrected chi connectivity index (χ0v) is 23.8. The fourth-order valence-electron chi connectivity index (χ4n) is 4.16. The minimum Gasteiger partial charge on any atom is -0.491 e. The summed E-state index contributed by atoms with van der Waals surface area (Å²) in [6.07, 6.45) is 0. The topological polar surface area (TPSA) is 122 Å². The predicted molar refractivity (Wildman–Crippen MR) is 154 cm³/mol. The second-order valence-corrected chi connectivity index (χ2v) is 9.05. The average Bonchev–Trinajstić information content (AvgIpc) is 2.95. The molecule has 0 saturated heterocycles. The highest BCUT2D eigenvalue weighted by Gasteiger charge is 2.23. The van der Waals surface area contributed by atoms with Crippen LogP contribution in [0.25, 0.3) is 11.1 Å². The second kappa shape index (κ2) is 16.4. The molecule has 3 aromatic carbocycles. The summed E-state index contributed by atoms with van der Waals surface area (Å²) in [6.45, 7) is 7.03. The third-order valence-corrected chi connectivity index (χ3v) is 5.91. The quantitative estimate of drug-likeness (QED) is 0.109. The van der Waals surface area contributed by atoms with Crippen molar-refractivity contribution in [2.45, 2.75) is 27.4 Å². The summed E-state index contributed by atoms with van der Waals surface area (Å²) in [6, 6.07) is 19.4. The molecule has 0 fully saturated rings. The normalized spacial score (nSPS) is 10.7. The van der Waals surface area contributed by atoms with Crippen LogP contribution in [0.5, 0.6) is 11.5 Å². The van der Waals surface area contributed by atoms with Crippen molar-refractivity contribution >= 4 is 24.5 Å². The summed E-state index contributed by atoms with van der Waals surface area (Å²) in [7, 11) is 0.635. The molecule has 0 amide bonds. The van der Waals surface area contributed by atoms with Gasteiger partial charge in [-0.05, 0) is 84.4 Å². The van der Waals surface area contributed by atoms with Gasteiger partial charge < -0.3 is 33.5 Å². The van der Waals surface area contributed by atoms with Gasteiger partial charge in [-0.15, -0.1) is 0 Å². The largest absolute Gasteiger partial charge is 0.511 e. The van der Waals surface area contributed by atoms with Crippen LogP contribution >= 0.6 is 0 Å². The number of carboxylic acids is 1. The fraction of sp³-hybridized carbons (Fsp3) is 0.333. The van der Waals surface area contributed by atoms with Crippen LogP contribution in [0.4, 0.5) is 0 Å². The summed E-state index contributed by atoms with van der Waals surface area (Å²) in [4.78, 5) is 22.2. The number of carbonyl (C=O) groups excluding carboxylic acids is 1. The Morgan fingerprint density at radius 2 is 1.63 bits per heavy atom. The zero-order valence-electron chi connectivity index (χ0n) is 23.8. The molecule has 0 unspecified atom stereocenters. The summed E-state index contributed by atoms with van der Waals surface area (Å²) >= 11 is 0. The van der Waals surface area contributed by atoms with Crippen molar-refractivity contribution in [3.63, 3.8) is 0 Å². The number of ether oxygens (including phenoxy) is 4. The summed E-state index contributed by atoms with van der Waals surface area (Å²) < 4.78 is 32.6. The van der Waals surface area contributed by atoms with Crippen LogP contribution in [0.2, 0.25) is 0 Å². The number of aliphatic carboxylic acids is 1. The lowest BCUT2D eigenvalue weighted by Crippen LogP contribution is -2.41. The highest BCUT2D eigenvalue weighted by atomic mass is 16.7. The van der Waals surface area contributed by atoms with E-state index in [1.54, 1.807) is 31.3 Å². The van der Waals surface area contributed by atoms with Gasteiger partial charge in [0.15, 0.2) is 6.61 Å². The molecule has 0 aliphatic carbocycles. The molecule has 0 aliphatic heterocycles. The van der Waals surface area contributed by atoms with Gasteiger partial charge in [-0.3, -0.25) is 0 Å². The molecule has 11 heteroatoms.